The quantitative estimate of drug-likeness (QED) is 0.725. The summed E-state index contributed by atoms with van der Waals surface area (Å²) in [5.41, 5.74) is 0.764. The second-order valence-corrected chi connectivity index (χ2v) is 5.70. The molecule has 1 saturated heterocycles. The van der Waals surface area contributed by atoms with E-state index < -0.39 is 0 Å². The lowest BCUT2D eigenvalue weighted by Crippen LogP contribution is -2.35. The zero-order chi connectivity index (χ0) is 12.3. The Bertz CT molecular complexity index is 378. The maximum absolute atomic E-state index is 9.78. The molecule has 2 rings (SSSR count). The zero-order valence-corrected chi connectivity index (χ0v) is 10.8. The van der Waals surface area contributed by atoms with E-state index in [-0.39, 0.29) is 17.5 Å². The molecule has 0 amide bonds. The van der Waals surface area contributed by atoms with Gasteiger partial charge in [0.2, 0.25) is 0 Å². The molecule has 2 unspecified atom stereocenters. The van der Waals surface area contributed by atoms with E-state index in [4.69, 9.17) is 0 Å². The van der Waals surface area contributed by atoms with Gasteiger partial charge in [0.05, 0.1) is 0 Å². The molecule has 1 aromatic carbocycles. The van der Waals surface area contributed by atoms with E-state index >= 15 is 0 Å². The zero-order valence-electron chi connectivity index (χ0n) is 10.0. The largest absolute Gasteiger partial charge is 0.508 e. The fraction of sp³-hybridized carbons (Fsp3) is 0.538. The first kappa shape index (κ1) is 12.6. The molecule has 3 N–H and O–H groups in total. The van der Waals surface area contributed by atoms with Crippen molar-refractivity contribution >= 4 is 11.8 Å². The van der Waals surface area contributed by atoms with Crippen molar-refractivity contribution in [1.82, 2.24) is 5.32 Å². The maximum atomic E-state index is 9.78. The van der Waals surface area contributed by atoms with Crippen LogP contribution in [0.25, 0.3) is 0 Å². The average molecular weight is 253 g/mol. The number of hydrogen-bond acceptors (Lipinski definition) is 4. The first-order valence-corrected chi connectivity index (χ1v) is 7.18. The molecule has 94 valence electrons. The highest BCUT2D eigenvalue weighted by Gasteiger charge is 2.18. The third-order valence-electron chi connectivity index (χ3n) is 3.12. The van der Waals surface area contributed by atoms with E-state index in [9.17, 15) is 10.2 Å². The van der Waals surface area contributed by atoms with Crippen LogP contribution in [0.15, 0.2) is 18.2 Å². The molecule has 0 saturated carbocycles. The number of phenolic OH excluding ortho intramolecular Hbond substituents is 2. The normalized spacial score (nSPS) is 22.3. The summed E-state index contributed by atoms with van der Waals surface area (Å²) in [5, 5.41) is 22.7. The van der Waals surface area contributed by atoms with Crippen molar-refractivity contribution in [3.05, 3.63) is 23.8 Å². The van der Waals surface area contributed by atoms with Crippen LogP contribution in [0, 0.1) is 0 Å². The lowest BCUT2D eigenvalue weighted by molar-refractivity contribution is 0.417. The smallest absolute Gasteiger partial charge is 0.120 e. The predicted octanol–water partition coefficient (Wildman–Crippen LogP) is 2.64. The lowest BCUT2D eigenvalue weighted by Gasteiger charge is -2.26. The molecule has 0 spiro atoms. The summed E-state index contributed by atoms with van der Waals surface area (Å²) in [7, 11) is 0. The molecule has 0 aliphatic carbocycles. The molecular formula is C13H19NO2S. The van der Waals surface area contributed by atoms with E-state index in [1.54, 1.807) is 12.1 Å². The van der Waals surface area contributed by atoms with Gasteiger partial charge < -0.3 is 15.5 Å². The molecule has 0 radical (unpaired) electrons. The fourth-order valence-electron chi connectivity index (χ4n) is 2.20. The molecule has 17 heavy (non-hydrogen) atoms. The van der Waals surface area contributed by atoms with Crippen LogP contribution in [0.5, 0.6) is 11.5 Å². The third-order valence-corrected chi connectivity index (χ3v) is 4.34. The molecule has 1 fully saturated rings. The van der Waals surface area contributed by atoms with Crippen molar-refractivity contribution in [3.63, 3.8) is 0 Å². The van der Waals surface area contributed by atoms with Crippen molar-refractivity contribution in [2.24, 2.45) is 0 Å². The Morgan fingerprint density at radius 1 is 1.41 bits per heavy atom. The fourth-order valence-corrected chi connectivity index (χ4v) is 3.29. The number of hydrogen-bond donors (Lipinski definition) is 3. The summed E-state index contributed by atoms with van der Waals surface area (Å²) >= 11 is 1.97. The van der Waals surface area contributed by atoms with Crippen molar-refractivity contribution in [2.45, 2.75) is 31.8 Å². The van der Waals surface area contributed by atoms with Gasteiger partial charge >= 0.3 is 0 Å². The summed E-state index contributed by atoms with van der Waals surface area (Å²) in [6.45, 7) is 2.02. The Morgan fingerprint density at radius 2 is 2.24 bits per heavy atom. The molecule has 1 aromatic rings. The van der Waals surface area contributed by atoms with Gasteiger partial charge in [-0.25, -0.2) is 0 Å². The van der Waals surface area contributed by atoms with Gasteiger partial charge in [-0.2, -0.15) is 11.8 Å². The molecule has 1 heterocycles. The Morgan fingerprint density at radius 3 is 2.94 bits per heavy atom. The molecule has 3 nitrogen and oxygen atoms in total. The topological polar surface area (TPSA) is 52.5 Å². The SMILES string of the molecule is CC(NC1CCCSC1)c1cc(O)ccc1O. The van der Waals surface area contributed by atoms with Crippen LogP contribution in [0.2, 0.25) is 0 Å². The van der Waals surface area contributed by atoms with Gasteiger partial charge in [-0.1, -0.05) is 0 Å². The van der Waals surface area contributed by atoms with Crippen LogP contribution < -0.4 is 5.32 Å². The van der Waals surface area contributed by atoms with Crippen LogP contribution in [-0.4, -0.2) is 27.8 Å². The number of aromatic hydroxyl groups is 2. The highest BCUT2D eigenvalue weighted by molar-refractivity contribution is 7.99. The molecule has 2 atom stereocenters. The van der Waals surface area contributed by atoms with Gasteiger partial charge in [0.1, 0.15) is 11.5 Å². The van der Waals surface area contributed by atoms with E-state index in [0.29, 0.717) is 6.04 Å². The number of benzene rings is 1. The highest BCUT2D eigenvalue weighted by atomic mass is 32.2. The minimum atomic E-state index is 0.0609. The van der Waals surface area contributed by atoms with Crippen molar-refractivity contribution in [3.8, 4) is 11.5 Å². The van der Waals surface area contributed by atoms with Gasteiger partial charge in [-0.3, -0.25) is 0 Å². The summed E-state index contributed by atoms with van der Waals surface area (Å²) in [4.78, 5) is 0. The minimum absolute atomic E-state index is 0.0609. The van der Waals surface area contributed by atoms with Gasteiger partial charge in [-0.05, 0) is 43.7 Å². The van der Waals surface area contributed by atoms with Gasteiger partial charge in [0.15, 0.2) is 0 Å². The average Bonchev–Trinajstić information content (AvgIpc) is 2.33. The second-order valence-electron chi connectivity index (χ2n) is 4.55. The van der Waals surface area contributed by atoms with Crippen molar-refractivity contribution in [2.75, 3.05) is 11.5 Å². The first-order chi connectivity index (χ1) is 8.16. The minimum Gasteiger partial charge on any atom is -0.508 e. The second kappa shape index (κ2) is 5.65. The summed E-state index contributed by atoms with van der Waals surface area (Å²) in [6, 6.07) is 5.24. The lowest BCUT2D eigenvalue weighted by atomic mass is 10.0. The van der Waals surface area contributed by atoms with Crippen LogP contribution in [0.4, 0.5) is 0 Å². The van der Waals surface area contributed by atoms with Crippen molar-refractivity contribution < 1.29 is 10.2 Å². The van der Waals surface area contributed by atoms with E-state index in [2.05, 4.69) is 5.32 Å². The van der Waals surface area contributed by atoms with Crippen LogP contribution in [0.1, 0.15) is 31.4 Å². The Balaban J connectivity index is 2.02. The van der Waals surface area contributed by atoms with Gasteiger partial charge in [-0.15, -0.1) is 0 Å². The van der Waals surface area contributed by atoms with Gasteiger partial charge in [0.25, 0.3) is 0 Å². The van der Waals surface area contributed by atoms with Crippen LogP contribution in [0.3, 0.4) is 0 Å². The van der Waals surface area contributed by atoms with E-state index in [0.717, 1.165) is 11.3 Å². The predicted molar refractivity (Wildman–Crippen MR) is 71.7 cm³/mol. The summed E-state index contributed by atoms with van der Waals surface area (Å²) in [5.74, 6) is 2.82. The molecule has 1 aliphatic rings. The monoisotopic (exact) mass is 253 g/mol. The summed E-state index contributed by atoms with van der Waals surface area (Å²) in [6.07, 6.45) is 2.44. The van der Waals surface area contributed by atoms with E-state index in [1.165, 1.54) is 24.7 Å². The molecule has 0 bridgehead atoms. The number of nitrogens with one attached hydrogen (secondary N) is 1. The first-order valence-electron chi connectivity index (χ1n) is 6.02. The van der Waals surface area contributed by atoms with E-state index in [1.807, 2.05) is 18.7 Å². The number of thioether (sulfide) groups is 1. The molecule has 1 aliphatic heterocycles. The Kier molecular flexibility index (Phi) is 4.18. The van der Waals surface area contributed by atoms with Gasteiger partial charge in [0, 0.05) is 23.4 Å². The number of rotatable bonds is 3. The standard InChI is InChI=1S/C13H19NO2S/c1-9(14-10-3-2-6-17-8-10)12-7-11(15)4-5-13(12)16/h4-5,7,9-10,14-16H,2-3,6,8H2,1H3. The Hall–Kier alpha value is -0.870. The summed E-state index contributed by atoms with van der Waals surface area (Å²) < 4.78 is 0. The van der Waals surface area contributed by atoms with Crippen LogP contribution >= 0.6 is 11.8 Å². The molecule has 0 aromatic heterocycles. The molecular weight excluding hydrogens is 234 g/mol. The molecule has 4 heteroatoms. The maximum Gasteiger partial charge on any atom is 0.120 e. The van der Waals surface area contributed by atoms with Crippen molar-refractivity contribution in [1.29, 1.82) is 0 Å². The highest BCUT2D eigenvalue weighted by Crippen LogP contribution is 2.29. The Labute approximate surface area is 106 Å². The van der Waals surface area contributed by atoms with Crippen LogP contribution in [-0.2, 0) is 0 Å². The third kappa shape index (κ3) is 3.30. The number of phenols is 2.